The molecule has 6 nitrogen and oxygen atoms in total. The minimum atomic E-state index is -3.49. The van der Waals surface area contributed by atoms with Gasteiger partial charge in [-0.2, -0.15) is 0 Å². The van der Waals surface area contributed by atoms with Gasteiger partial charge < -0.3 is 10.2 Å². The van der Waals surface area contributed by atoms with Gasteiger partial charge in [-0.15, -0.1) is 0 Å². The summed E-state index contributed by atoms with van der Waals surface area (Å²) in [7, 11) is -3.49. The van der Waals surface area contributed by atoms with Crippen molar-refractivity contribution in [2.75, 3.05) is 23.2 Å². The van der Waals surface area contributed by atoms with Gasteiger partial charge in [0.25, 0.3) is 0 Å². The van der Waals surface area contributed by atoms with E-state index in [0.29, 0.717) is 12.1 Å². The van der Waals surface area contributed by atoms with Crippen molar-refractivity contribution in [2.45, 2.75) is 13.3 Å². The molecule has 0 aliphatic heterocycles. The fraction of sp³-hybridized carbons (Fsp3) is 0.417. The Morgan fingerprint density at radius 1 is 1.26 bits per heavy atom. The van der Waals surface area contributed by atoms with E-state index >= 15 is 0 Å². The first-order valence-corrected chi connectivity index (χ1v) is 7.48. The number of hydrogen-bond donors (Lipinski definition) is 2. The van der Waals surface area contributed by atoms with Crippen LogP contribution in [-0.2, 0) is 10.0 Å². The lowest BCUT2D eigenvalue weighted by Gasteiger charge is -2.23. The predicted octanol–water partition coefficient (Wildman–Crippen LogP) is 0.923. The molecule has 0 aliphatic rings. The fourth-order valence-corrected chi connectivity index (χ4v) is 3.20. The maximum atomic E-state index is 12.0. The number of aromatic carboxylic acids is 1. The molecule has 0 unspecified atom stereocenters. The molecule has 0 bridgehead atoms. The van der Waals surface area contributed by atoms with Gasteiger partial charge in [-0.1, -0.05) is 6.92 Å². The summed E-state index contributed by atoms with van der Waals surface area (Å²) in [5.74, 6) is -1.09. The highest BCUT2D eigenvalue weighted by Crippen LogP contribution is 2.19. The molecule has 0 saturated heterocycles. The second kappa shape index (κ2) is 6.53. The average Bonchev–Trinajstić information content (AvgIpc) is 2.36. The predicted molar refractivity (Wildman–Crippen MR) is 71.9 cm³/mol. The molecule has 1 aromatic rings. The Bertz CT molecular complexity index is 524. The van der Waals surface area contributed by atoms with Gasteiger partial charge in [0.05, 0.1) is 30.2 Å². The van der Waals surface area contributed by atoms with Crippen molar-refractivity contribution in [3.8, 4) is 0 Å². The van der Waals surface area contributed by atoms with Crippen molar-refractivity contribution in [3.63, 3.8) is 0 Å². The molecule has 0 atom stereocenters. The van der Waals surface area contributed by atoms with Gasteiger partial charge in [0, 0.05) is 0 Å². The number of rotatable bonds is 7. The third-order valence-electron chi connectivity index (χ3n) is 2.50. The third kappa shape index (κ3) is 3.93. The molecular formula is C12H17NO5S. The zero-order valence-corrected chi connectivity index (χ0v) is 11.4. The largest absolute Gasteiger partial charge is 0.478 e. The Labute approximate surface area is 112 Å². The molecule has 0 aromatic heterocycles. The maximum Gasteiger partial charge on any atom is 0.335 e. The smallest absolute Gasteiger partial charge is 0.335 e. The topological polar surface area (TPSA) is 94.9 Å². The molecule has 0 spiro atoms. The van der Waals surface area contributed by atoms with E-state index in [0.717, 1.165) is 4.31 Å². The van der Waals surface area contributed by atoms with E-state index in [1.54, 1.807) is 6.92 Å². The van der Waals surface area contributed by atoms with E-state index in [4.69, 9.17) is 10.2 Å². The van der Waals surface area contributed by atoms with E-state index in [1.807, 2.05) is 0 Å². The highest BCUT2D eigenvalue weighted by Gasteiger charge is 2.21. The van der Waals surface area contributed by atoms with E-state index in [-0.39, 0.29) is 24.5 Å². The molecule has 0 heterocycles. The van der Waals surface area contributed by atoms with Crippen LogP contribution in [-0.4, -0.2) is 43.5 Å². The van der Waals surface area contributed by atoms with Gasteiger partial charge in [0.1, 0.15) is 0 Å². The van der Waals surface area contributed by atoms with Gasteiger partial charge in [0.15, 0.2) is 0 Å². The van der Waals surface area contributed by atoms with Crippen LogP contribution in [0.2, 0.25) is 0 Å². The zero-order chi connectivity index (χ0) is 14.5. The lowest BCUT2D eigenvalue weighted by molar-refractivity contribution is 0.0697. The monoisotopic (exact) mass is 287 g/mol. The van der Waals surface area contributed by atoms with Crippen LogP contribution in [0, 0.1) is 0 Å². The second-order valence-electron chi connectivity index (χ2n) is 3.96. The van der Waals surface area contributed by atoms with Crippen LogP contribution in [0.1, 0.15) is 23.7 Å². The van der Waals surface area contributed by atoms with Crippen molar-refractivity contribution in [2.24, 2.45) is 0 Å². The molecule has 19 heavy (non-hydrogen) atoms. The van der Waals surface area contributed by atoms with Gasteiger partial charge >= 0.3 is 5.97 Å². The average molecular weight is 287 g/mol. The Morgan fingerprint density at radius 3 is 2.26 bits per heavy atom. The van der Waals surface area contributed by atoms with Crippen molar-refractivity contribution in [1.29, 1.82) is 0 Å². The molecule has 0 amide bonds. The number of benzene rings is 1. The number of nitrogens with zero attached hydrogens (tertiary/aromatic N) is 1. The minimum absolute atomic E-state index is 0.0202. The summed E-state index contributed by atoms with van der Waals surface area (Å²) in [5.41, 5.74) is 0.438. The molecule has 0 fully saturated rings. The summed E-state index contributed by atoms with van der Waals surface area (Å²) < 4.78 is 25.2. The quantitative estimate of drug-likeness (QED) is 0.777. The summed E-state index contributed by atoms with van der Waals surface area (Å²) in [4.78, 5) is 10.7. The lowest BCUT2D eigenvalue weighted by Crippen LogP contribution is -2.35. The molecule has 1 aromatic carbocycles. The van der Waals surface area contributed by atoms with E-state index in [1.165, 1.54) is 24.3 Å². The molecule has 0 radical (unpaired) electrons. The number of hydrogen-bond acceptors (Lipinski definition) is 4. The number of carbonyl (C=O) groups is 1. The molecule has 0 saturated carbocycles. The van der Waals surface area contributed by atoms with Crippen LogP contribution in [0.4, 0.5) is 5.69 Å². The Balaban J connectivity index is 3.09. The minimum Gasteiger partial charge on any atom is -0.478 e. The van der Waals surface area contributed by atoms with Crippen molar-refractivity contribution >= 4 is 21.7 Å². The van der Waals surface area contributed by atoms with E-state index < -0.39 is 16.0 Å². The van der Waals surface area contributed by atoms with Gasteiger partial charge in [-0.05, 0) is 30.7 Å². The Hall–Kier alpha value is -1.60. The van der Waals surface area contributed by atoms with Crippen LogP contribution in [0.5, 0.6) is 0 Å². The number of carboxylic acids is 1. The Kier molecular flexibility index (Phi) is 5.31. The first-order chi connectivity index (χ1) is 8.92. The van der Waals surface area contributed by atoms with Crippen molar-refractivity contribution in [3.05, 3.63) is 29.8 Å². The SMILES string of the molecule is CCCS(=O)(=O)N(CCO)c1ccc(C(=O)O)cc1. The van der Waals surface area contributed by atoms with Crippen LogP contribution in [0.3, 0.4) is 0 Å². The summed E-state index contributed by atoms with van der Waals surface area (Å²) >= 11 is 0. The number of carboxylic acid groups (broad SMARTS) is 1. The van der Waals surface area contributed by atoms with E-state index in [9.17, 15) is 13.2 Å². The normalized spacial score (nSPS) is 11.3. The van der Waals surface area contributed by atoms with Crippen LogP contribution in [0.25, 0.3) is 0 Å². The van der Waals surface area contributed by atoms with Gasteiger partial charge in [-0.3, -0.25) is 4.31 Å². The molecule has 0 aliphatic carbocycles. The van der Waals surface area contributed by atoms with Gasteiger partial charge in [-0.25, -0.2) is 13.2 Å². The molecule has 106 valence electrons. The molecule has 2 N–H and O–H groups in total. The molecular weight excluding hydrogens is 270 g/mol. The highest BCUT2D eigenvalue weighted by molar-refractivity contribution is 7.92. The van der Waals surface area contributed by atoms with Crippen molar-refractivity contribution < 1.29 is 23.4 Å². The van der Waals surface area contributed by atoms with Crippen LogP contribution < -0.4 is 4.31 Å². The van der Waals surface area contributed by atoms with Gasteiger partial charge in [0.2, 0.25) is 10.0 Å². The standard InChI is InChI=1S/C12H17NO5S/c1-2-9-19(17,18)13(7-8-14)11-5-3-10(4-6-11)12(15)16/h3-6,14H,2,7-9H2,1H3,(H,15,16). The molecule has 1 rings (SSSR count). The van der Waals surface area contributed by atoms with Crippen LogP contribution >= 0.6 is 0 Å². The maximum absolute atomic E-state index is 12.0. The number of anilines is 1. The first kappa shape index (κ1) is 15.5. The zero-order valence-electron chi connectivity index (χ0n) is 10.6. The van der Waals surface area contributed by atoms with E-state index in [2.05, 4.69) is 0 Å². The second-order valence-corrected chi connectivity index (χ2v) is 5.98. The van der Waals surface area contributed by atoms with Crippen LogP contribution in [0.15, 0.2) is 24.3 Å². The fourth-order valence-electron chi connectivity index (χ4n) is 1.66. The number of aliphatic hydroxyl groups is 1. The number of aliphatic hydroxyl groups excluding tert-OH is 1. The first-order valence-electron chi connectivity index (χ1n) is 5.87. The highest BCUT2D eigenvalue weighted by atomic mass is 32.2. The summed E-state index contributed by atoms with van der Waals surface area (Å²) in [6.45, 7) is 1.40. The van der Waals surface area contributed by atoms with Crippen molar-refractivity contribution in [1.82, 2.24) is 0 Å². The number of sulfonamides is 1. The summed E-state index contributed by atoms with van der Waals surface area (Å²) in [5, 5.41) is 17.8. The summed E-state index contributed by atoms with van der Waals surface area (Å²) in [6.07, 6.45) is 0.470. The molecule has 7 heteroatoms. The summed E-state index contributed by atoms with van der Waals surface area (Å²) in [6, 6.07) is 5.52. The Morgan fingerprint density at radius 2 is 1.84 bits per heavy atom. The lowest BCUT2D eigenvalue weighted by atomic mass is 10.2. The third-order valence-corrected chi connectivity index (χ3v) is 4.49.